The summed E-state index contributed by atoms with van der Waals surface area (Å²) in [6.45, 7) is 5.44. The number of rotatable bonds is 8. The molecular weight excluding hydrogens is 356 g/mol. The van der Waals surface area contributed by atoms with Gasteiger partial charge in [-0.05, 0) is 49.1 Å². The van der Waals surface area contributed by atoms with Crippen molar-refractivity contribution in [2.75, 3.05) is 17.2 Å². The number of aryl methyl sites for hydroxylation is 3. The van der Waals surface area contributed by atoms with Gasteiger partial charge in [0.05, 0.1) is 6.42 Å². The van der Waals surface area contributed by atoms with Crippen molar-refractivity contribution in [2.24, 2.45) is 0 Å². The predicted molar refractivity (Wildman–Crippen MR) is 109 cm³/mol. The van der Waals surface area contributed by atoms with Crippen LogP contribution >= 0.6 is 0 Å². The number of amides is 2. The van der Waals surface area contributed by atoms with Gasteiger partial charge in [0.1, 0.15) is 0 Å². The molecule has 148 valence electrons. The normalized spacial score (nSPS) is 10.2. The topological polar surface area (TPSA) is 84.5 Å². The second-order valence-electron chi connectivity index (χ2n) is 6.59. The Morgan fingerprint density at radius 3 is 2.36 bits per heavy atom. The molecule has 2 N–H and O–H groups in total. The van der Waals surface area contributed by atoms with Crippen molar-refractivity contribution in [1.29, 1.82) is 0 Å². The molecule has 28 heavy (non-hydrogen) atoms. The second-order valence-corrected chi connectivity index (χ2v) is 6.59. The number of esters is 1. The van der Waals surface area contributed by atoms with Crippen molar-refractivity contribution in [3.63, 3.8) is 0 Å². The summed E-state index contributed by atoms with van der Waals surface area (Å²) in [5, 5.41) is 5.52. The standard InChI is InChI=1S/C22H26N2O4/c1-4-17-7-5-6-8-18(17)23-20(25)11-12-22(27)28-14-21(26)24-19-13-15(2)9-10-16(19)3/h5-10,13H,4,11-12,14H2,1-3H3,(H,23,25)(H,24,26). The molecule has 0 atom stereocenters. The van der Waals surface area contributed by atoms with Gasteiger partial charge >= 0.3 is 5.97 Å². The molecule has 0 spiro atoms. The van der Waals surface area contributed by atoms with E-state index >= 15 is 0 Å². The number of benzene rings is 2. The first kappa shape index (κ1) is 21.2. The zero-order chi connectivity index (χ0) is 20.5. The van der Waals surface area contributed by atoms with Gasteiger partial charge in [-0.3, -0.25) is 14.4 Å². The second kappa shape index (κ2) is 10.3. The van der Waals surface area contributed by atoms with Gasteiger partial charge in [0, 0.05) is 17.8 Å². The van der Waals surface area contributed by atoms with E-state index in [-0.39, 0.29) is 25.4 Å². The molecule has 0 saturated heterocycles. The van der Waals surface area contributed by atoms with Gasteiger partial charge in [0.2, 0.25) is 5.91 Å². The zero-order valence-corrected chi connectivity index (χ0v) is 16.5. The Balaban J connectivity index is 1.74. The molecular formula is C22H26N2O4. The van der Waals surface area contributed by atoms with Crippen LogP contribution in [0.5, 0.6) is 0 Å². The molecule has 6 nitrogen and oxygen atoms in total. The fourth-order valence-corrected chi connectivity index (χ4v) is 2.65. The predicted octanol–water partition coefficient (Wildman–Crippen LogP) is 3.77. The molecule has 2 aromatic carbocycles. The van der Waals surface area contributed by atoms with Gasteiger partial charge in [0.15, 0.2) is 6.61 Å². The van der Waals surface area contributed by atoms with E-state index in [0.29, 0.717) is 5.69 Å². The highest BCUT2D eigenvalue weighted by molar-refractivity contribution is 5.95. The minimum atomic E-state index is -0.588. The Labute approximate surface area is 165 Å². The molecule has 0 unspecified atom stereocenters. The molecule has 2 rings (SSSR count). The van der Waals surface area contributed by atoms with E-state index in [1.807, 2.05) is 63.2 Å². The molecule has 0 bridgehead atoms. The molecule has 0 fully saturated rings. The minimum Gasteiger partial charge on any atom is -0.456 e. The first-order chi connectivity index (χ1) is 13.4. The van der Waals surface area contributed by atoms with Crippen molar-refractivity contribution in [3.05, 3.63) is 59.2 Å². The number of hydrogen-bond acceptors (Lipinski definition) is 4. The van der Waals surface area contributed by atoms with Crippen LogP contribution in [0.1, 0.15) is 36.5 Å². The van der Waals surface area contributed by atoms with Crippen LogP contribution in [0.4, 0.5) is 11.4 Å². The molecule has 0 aliphatic rings. The van der Waals surface area contributed by atoms with Crippen molar-refractivity contribution in [2.45, 2.75) is 40.0 Å². The van der Waals surface area contributed by atoms with Crippen molar-refractivity contribution in [1.82, 2.24) is 0 Å². The summed E-state index contributed by atoms with van der Waals surface area (Å²) in [7, 11) is 0. The van der Waals surface area contributed by atoms with Gasteiger partial charge in [0.25, 0.3) is 5.91 Å². The van der Waals surface area contributed by atoms with Gasteiger partial charge in [-0.25, -0.2) is 0 Å². The summed E-state index contributed by atoms with van der Waals surface area (Å²) < 4.78 is 4.96. The van der Waals surface area contributed by atoms with E-state index in [0.717, 1.165) is 28.8 Å². The molecule has 0 aliphatic heterocycles. The van der Waals surface area contributed by atoms with Gasteiger partial charge in [-0.15, -0.1) is 0 Å². The van der Waals surface area contributed by atoms with E-state index in [1.165, 1.54) is 0 Å². The number of carbonyl (C=O) groups is 3. The number of ether oxygens (including phenoxy) is 1. The first-order valence-corrected chi connectivity index (χ1v) is 9.29. The maximum Gasteiger partial charge on any atom is 0.306 e. The average Bonchev–Trinajstić information content (AvgIpc) is 2.68. The quantitative estimate of drug-likeness (QED) is 0.681. The minimum absolute atomic E-state index is 0.00448. The van der Waals surface area contributed by atoms with Gasteiger partial charge < -0.3 is 15.4 Å². The lowest BCUT2D eigenvalue weighted by Gasteiger charge is -2.10. The van der Waals surface area contributed by atoms with Gasteiger partial charge in [-0.1, -0.05) is 37.3 Å². The van der Waals surface area contributed by atoms with Crippen molar-refractivity contribution in [3.8, 4) is 0 Å². The third-order valence-electron chi connectivity index (χ3n) is 4.26. The highest BCUT2D eigenvalue weighted by Gasteiger charge is 2.12. The van der Waals surface area contributed by atoms with Crippen LogP contribution in [0.3, 0.4) is 0 Å². The highest BCUT2D eigenvalue weighted by atomic mass is 16.5. The molecule has 0 aliphatic carbocycles. The summed E-state index contributed by atoms with van der Waals surface area (Å²) in [5.41, 5.74) is 4.41. The van der Waals surface area contributed by atoms with E-state index in [1.54, 1.807) is 0 Å². The fourth-order valence-electron chi connectivity index (χ4n) is 2.65. The average molecular weight is 382 g/mol. The number of nitrogens with one attached hydrogen (secondary N) is 2. The maximum absolute atomic E-state index is 12.0. The Kier molecular flexibility index (Phi) is 7.75. The first-order valence-electron chi connectivity index (χ1n) is 9.29. The molecule has 0 radical (unpaired) electrons. The third kappa shape index (κ3) is 6.54. The lowest BCUT2D eigenvalue weighted by atomic mass is 10.1. The fraction of sp³-hybridized carbons (Fsp3) is 0.318. The number of para-hydroxylation sites is 1. The summed E-state index contributed by atoms with van der Waals surface area (Å²) in [6.07, 6.45) is 0.709. The lowest BCUT2D eigenvalue weighted by molar-refractivity contribution is -0.147. The Morgan fingerprint density at radius 2 is 1.61 bits per heavy atom. The van der Waals surface area contributed by atoms with Crippen LogP contribution in [0.15, 0.2) is 42.5 Å². The molecule has 2 amide bonds. The van der Waals surface area contributed by atoms with Crippen molar-refractivity contribution >= 4 is 29.2 Å². The molecule has 2 aromatic rings. The number of carbonyl (C=O) groups excluding carboxylic acids is 3. The van der Waals surface area contributed by atoms with Crippen LogP contribution in [0.25, 0.3) is 0 Å². The van der Waals surface area contributed by atoms with Crippen LogP contribution in [-0.4, -0.2) is 24.4 Å². The van der Waals surface area contributed by atoms with E-state index < -0.39 is 11.9 Å². The SMILES string of the molecule is CCc1ccccc1NC(=O)CCC(=O)OCC(=O)Nc1cc(C)ccc1C. The summed E-state index contributed by atoms with van der Waals surface area (Å²) in [5.74, 6) is -1.27. The Bertz CT molecular complexity index is 861. The maximum atomic E-state index is 12.0. The van der Waals surface area contributed by atoms with E-state index in [2.05, 4.69) is 10.6 Å². The molecule has 0 aromatic heterocycles. The number of anilines is 2. The monoisotopic (exact) mass is 382 g/mol. The Hall–Kier alpha value is -3.15. The Morgan fingerprint density at radius 1 is 0.893 bits per heavy atom. The smallest absolute Gasteiger partial charge is 0.306 e. The summed E-state index contributed by atoms with van der Waals surface area (Å²) >= 11 is 0. The largest absolute Gasteiger partial charge is 0.456 e. The number of hydrogen-bond donors (Lipinski definition) is 2. The molecule has 6 heteroatoms. The van der Waals surface area contributed by atoms with E-state index in [9.17, 15) is 14.4 Å². The molecule has 0 heterocycles. The van der Waals surface area contributed by atoms with Crippen LogP contribution in [0.2, 0.25) is 0 Å². The van der Waals surface area contributed by atoms with E-state index in [4.69, 9.17) is 4.74 Å². The molecule has 0 saturated carbocycles. The zero-order valence-electron chi connectivity index (χ0n) is 16.5. The van der Waals surface area contributed by atoms with Crippen LogP contribution in [-0.2, 0) is 25.5 Å². The summed E-state index contributed by atoms with van der Waals surface area (Å²) in [6, 6.07) is 13.2. The highest BCUT2D eigenvalue weighted by Crippen LogP contribution is 2.17. The third-order valence-corrected chi connectivity index (χ3v) is 4.26. The van der Waals surface area contributed by atoms with Crippen molar-refractivity contribution < 1.29 is 19.1 Å². The van der Waals surface area contributed by atoms with Gasteiger partial charge in [-0.2, -0.15) is 0 Å². The summed E-state index contributed by atoms with van der Waals surface area (Å²) in [4.78, 5) is 35.8. The van der Waals surface area contributed by atoms with Crippen LogP contribution < -0.4 is 10.6 Å². The van der Waals surface area contributed by atoms with Crippen LogP contribution in [0, 0.1) is 13.8 Å². The lowest BCUT2D eigenvalue weighted by Crippen LogP contribution is -2.22.